The largest absolute Gasteiger partial charge is 0.399 e. The van der Waals surface area contributed by atoms with Crippen molar-refractivity contribution < 1.29 is 0 Å². The summed E-state index contributed by atoms with van der Waals surface area (Å²) in [6.45, 7) is 0. The third kappa shape index (κ3) is 4.20. The summed E-state index contributed by atoms with van der Waals surface area (Å²) >= 11 is 0. The molecule has 1 heterocycles. The molecular formula is C15H14N4. The molecule has 0 saturated carbocycles. The Morgan fingerprint density at radius 1 is 0.632 bits per heavy atom. The molecule has 3 aromatic rings. The third-order valence-electron chi connectivity index (χ3n) is 2.43. The SMILES string of the molecule is Nc1ccc(-c2ccccc2)cc1.c1cnnnc1. The van der Waals surface area contributed by atoms with Crippen molar-refractivity contribution in [2.45, 2.75) is 0 Å². The van der Waals surface area contributed by atoms with Crippen LogP contribution in [0.5, 0.6) is 0 Å². The number of hydrogen-bond acceptors (Lipinski definition) is 4. The zero-order valence-corrected chi connectivity index (χ0v) is 10.3. The molecule has 2 aromatic carbocycles. The van der Waals surface area contributed by atoms with E-state index in [9.17, 15) is 0 Å². The molecule has 19 heavy (non-hydrogen) atoms. The molecule has 0 aliphatic heterocycles. The van der Waals surface area contributed by atoms with Crippen LogP contribution in [0.1, 0.15) is 0 Å². The average Bonchev–Trinajstić information content (AvgIpc) is 2.51. The standard InChI is InChI=1S/C12H11N.C3H3N3/c13-12-8-6-11(7-9-12)10-4-2-1-3-5-10;1-2-4-6-5-3-1/h1-9H,13H2;1-3H. The van der Waals surface area contributed by atoms with Gasteiger partial charge in [-0.05, 0) is 34.5 Å². The van der Waals surface area contributed by atoms with Gasteiger partial charge in [-0.1, -0.05) is 42.5 Å². The molecule has 0 saturated heterocycles. The van der Waals surface area contributed by atoms with Crippen molar-refractivity contribution in [1.82, 2.24) is 15.4 Å². The first-order valence-corrected chi connectivity index (χ1v) is 5.85. The predicted molar refractivity (Wildman–Crippen MR) is 76.1 cm³/mol. The first-order chi connectivity index (χ1) is 9.36. The number of nitrogens with zero attached hydrogens (tertiary/aromatic N) is 3. The number of nitrogens with two attached hydrogens (primary N) is 1. The molecule has 0 aliphatic rings. The fourth-order valence-electron chi connectivity index (χ4n) is 1.51. The Bertz CT molecular complexity index is 553. The van der Waals surface area contributed by atoms with Crippen molar-refractivity contribution in [1.29, 1.82) is 0 Å². The van der Waals surface area contributed by atoms with Gasteiger partial charge in [0.2, 0.25) is 0 Å². The monoisotopic (exact) mass is 250 g/mol. The lowest BCUT2D eigenvalue weighted by Gasteiger charge is -2.00. The summed E-state index contributed by atoms with van der Waals surface area (Å²) in [5.74, 6) is 0. The van der Waals surface area contributed by atoms with Gasteiger partial charge in [0.1, 0.15) is 0 Å². The minimum Gasteiger partial charge on any atom is -0.399 e. The molecule has 0 aliphatic carbocycles. The summed E-state index contributed by atoms with van der Waals surface area (Å²) in [6, 6.07) is 19.9. The molecule has 0 atom stereocenters. The molecule has 1 aromatic heterocycles. The Kier molecular flexibility index (Phi) is 4.58. The number of hydrogen-bond donors (Lipinski definition) is 1. The quantitative estimate of drug-likeness (QED) is 0.674. The molecular weight excluding hydrogens is 236 g/mol. The normalized spacial score (nSPS) is 9.26. The van der Waals surface area contributed by atoms with E-state index in [4.69, 9.17) is 5.73 Å². The van der Waals surface area contributed by atoms with Gasteiger partial charge in [-0.15, -0.1) is 10.2 Å². The maximum atomic E-state index is 5.60. The number of nitrogen functional groups attached to an aromatic ring is 1. The maximum absolute atomic E-state index is 5.60. The van der Waals surface area contributed by atoms with Crippen LogP contribution in [0.25, 0.3) is 11.1 Å². The van der Waals surface area contributed by atoms with E-state index in [2.05, 4.69) is 27.5 Å². The summed E-state index contributed by atoms with van der Waals surface area (Å²) in [5.41, 5.74) is 8.84. The van der Waals surface area contributed by atoms with Crippen LogP contribution in [0.2, 0.25) is 0 Å². The Morgan fingerprint density at radius 3 is 1.68 bits per heavy atom. The van der Waals surface area contributed by atoms with E-state index in [-0.39, 0.29) is 0 Å². The second kappa shape index (κ2) is 6.86. The fraction of sp³-hybridized carbons (Fsp3) is 0. The van der Waals surface area contributed by atoms with Gasteiger partial charge in [0.05, 0.1) is 12.4 Å². The van der Waals surface area contributed by atoms with Gasteiger partial charge in [-0.25, -0.2) is 0 Å². The van der Waals surface area contributed by atoms with Crippen LogP contribution in [-0.2, 0) is 0 Å². The van der Waals surface area contributed by atoms with Crippen molar-refractivity contribution in [3.8, 4) is 11.1 Å². The number of aromatic nitrogens is 3. The highest BCUT2D eigenvalue weighted by molar-refractivity contribution is 5.65. The number of rotatable bonds is 1. The van der Waals surface area contributed by atoms with E-state index in [0.29, 0.717) is 0 Å². The van der Waals surface area contributed by atoms with E-state index >= 15 is 0 Å². The molecule has 4 heteroatoms. The second-order valence-electron chi connectivity index (χ2n) is 3.80. The van der Waals surface area contributed by atoms with E-state index < -0.39 is 0 Å². The van der Waals surface area contributed by atoms with E-state index in [1.54, 1.807) is 18.5 Å². The van der Waals surface area contributed by atoms with Gasteiger partial charge in [-0.2, -0.15) is 0 Å². The number of benzene rings is 2. The zero-order chi connectivity index (χ0) is 13.3. The van der Waals surface area contributed by atoms with Gasteiger partial charge >= 0.3 is 0 Å². The van der Waals surface area contributed by atoms with Gasteiger partial charge in [-0.3, -0.25) is 0 Å². The molecule has 0 spiro atoms. The minimum atomic E-state index is 0.805. The molecule has 2 N–H and O–H groups in total. The predicted octanol–water partition coefficient (Wildman–Crippen LogP) is 2.81. The van der Waals surface area contributed by atoms with Crippen LogP contribution < -0.4 is 5.73 Å². The lowest BCUT2D eigenvalue weighted by molar-refractivity contribution is 0.865. The third-order valence-corrected chi connectivity index (χ3v) is 2.43. The fourth-order valence-corrected chi connectivity index (χ4v) is 1.51. The highest BCUT2D eigenvalue weighted by Crippen LogP contribution is 2.19. The summed E-state index contributed by atoms with van der Waals surface area (Å²) in [6.07, 6.45) is 3.15. The van der Waals surface area contributed by atoms with E-state index in [1.165, 1.54) is 11.1 Å². The molecule has 0 fully saturated rings. The topological polar surface area (TPSA) is 64.7 Å². The smallest absolute Gasteiger partial charge is 0.0529 e. The lowest BCUT2D eigenvalue weighted by atomic mass is 10.1. The molecule has 94 valence electrons. The molecule has 3 rings (SSSR count). The summed E-state index contributed by atoms with van der Waals surface area (Å²) in [5, 5.41) is 10.1. The minimum absolute atomic E-state index is 0.805. The van der Waals surface area contributed by atoms with E-state index in [1.807, 2.05) is 42.5 Å². The van der Waals surface area contributed by atoms with Gasteiger partial charge in [0.15, 0.2) is 0 Å². The van der Waals surface area contributed by atoms with Crippen molar-refractivity contribution in [2.75, 3.05) is 5.73 Å². The van der Waals surface area contributed by atoms with Crippen LogP contribution >= 0.6 is 0 Å². The first-order valence-electron chi connectivity index (χ1n) is 5.85. The van der Waals surface area contributed by atoms with Gasteiger partial charge < -0.3 is 5.73 Å². The lowest BCUT2D eigenvalue weighted by Crippen LogP contribution is -1.83. The van der Waals surface area contributed by atoms with Crippen molar-refractivity contribution in [2.24, 2.45) is 0 Å². The van der Waals surface area contributed by atoms with Crippen molar-refractivity contribution in [3.05, 3.63) is 73.1 Å². The number of anilines is 1. The highest BCUT2D eigenvalue weighted by Gasteiger charge is 1.94. The first kappa shape index (κ1) is 12.7. The molecule has 4 nitrogen and oxygen atoms in total. The molecule has 0 unspecified atom stereocenters. The molecule has 0 radical (unpaired) electrons. The van der Waals surface area contributed by atoms with Crippen LogP contribution in [-0.4, -0.2) is 15.4 Å². The van der Waals surface area contributed by atoms with Gasteiger partial charge in [0.25, 0.3) is 0 Å². The van der Waals surface area contributed by atoms with E-state index in [0.717, 1.165) is 5.69 Å². The average molecular weight is 250 g/mol. The summed E-state index contributed by atoms with van der Waals surface area (Å²) in [4.78, 5) is 0. The maximum Gasteiger partial charge on any atom is 0.0529 e. The van der Waals surface area contributed by atoms with Gasteiger partial charge in [0, 0.05) is 5.69 Å². The van der Waals surface area contributed by atoms with Crippen LogP contribution in [0.15, 0.2) is 73.1 Å². The Balaban J connectivity index is 0.000000186. The van der Waals surface area contributed by atoms with Crippen LogP contribution in [0.4, 0.5) is 5.69 Å². The van der Waals surface area contributed by atoms with Crippen molar-refractivity contribution >= 4 is 5.69 Å². The zero-order valence-electron chi connectivity index (χ0n) is 10.3. The summed E-state index contributed by atoms with van der Waals surface area (Å²) < 4.78 is 0. The molecule has 0 bridgehead atoms. The Hall–Kier alpha value is -2.75. The van der Waals surface area contributed by atoms with Crippen LogP contribution in [0, 0.1) is 0 Å². The second-order valence-corrected chi connectivity index (χ2v) is 3.80. The molecule has 0 amide bonds. The Labute approximate surface area is 111 Å². The highest BCUT2D eigenvalue weighted by atomic mass is 15.3. The Morgan fingerprint density at radius 2 is 1.21 bits per heavy atom. The van der Waals surface area contributed by atoms with Crippen molar-refractivity contribution in [3.63, 3.8) is 0 Å². The summed E-state index contributed by atoms with van der Waals surface area (Å²) in [7, 11) is 0. The van der Waals surface area contributed by atoms with Crippen LogP contribution in [0.3, 0.4) is 0 Å².